The third-order valence-corrected chi connectivity index (χ3v) is 5.70. The van der Waals surface area contributed by atoms with Crippen LogP contribution in [-0.4, -0.2) is 11.1 Å². The van der Waals surface area contributed by atoms with Crippen LogP contribution in [0.2, 0.25) is 0 Å². The predicted octanol–water partition coefficient (Wildman–Crippen LogP) is 8.10. The zero-order valence-corrected chi connectivity index (χ0v) is 18.1. The molecule has 1 N–H and O–H groups in total. The number of carbonyl (C=O) groups is 1. The molecule has 1 aromatic rings. The molecule has 0 aliphatic rings. The van der Waals surface area contributed by atoms with Gasteiger partial charge in [0.2, 0.25) is 0 Å². The largest absolute Gasteiger partial charge is 0.481 e. The average Bonchev–Trinajstić information content (AvgIpc) is 2.63. The molecule has 0 aliphatic carbocycles. The molecule has 1 aromatic carbocycles. The molecule has 0 spiro atoms. The van der Waals surface area contributed by atoms with E-state index in [0.29, 0.717) is 0 Å². The van der Waals surface area contributed by atoms with E-state index in [1.165, 1.54) is 70.6 Å². The van der Waals surface area contributed by atoms with E-state index in [0.717, 1.165) is 29.3 Å². The van der Waals surface area contributed by atoms with Crippen LogP contribution in [0.5, 0.6) is 0 Å². The molecular weight excluding hydrogens is 388 g/mol. The standard InChI is InChI=1S/C23H37BrO2/c1-2-3-4-5-6-7-8-9-10-11-12-13-14-15-22(23(25)26)20-16-18-21(24)19-17-20/h16-19,22H,2-15H2,1H3,(H,25,26). The number of hydrogen-bond acceptors (Lipinski definition) is 1. The summed E-state index contributed by atoms with van der Waals surface area (Å²) in [6.07, 6.45) is 17.9. The van der Waals surface area contributed by atoms with E-state index in [1.54, 1.807) is 0 Å². The van der Waals surface area contributed by atoms with E-state index in [9.17, 15) is 9.90 Å². The number of halogens is 1. The third-order valence-electron chi connectivity index (χ3n) is 5.17. The van der Waals surface area contributed by atoms with E-state index in [1.807, 2.05) is 24.3 Å². The van der Waals surface area contributed by atoms with Gasteiger partial charge in [-0.3, -0.25) is 4.79 Å². The summed E-state index contributed by atoms with van der Waals surface area (Å²) in [5, 5.41) is 9.48. The second-order valence-electron chi connectivity index (χ2n) is 7.47. The molecule has 0 bridgehead atoms. The van der Waals surface area contributed by atoms with Gasteiger partial charge >= 0.3 is 5.97 Å². The molecule has 0 aromatic heterocycles. The highest BCUT2D eigenvalue weighted by Crippen LogP contribution is 2.25. The van der Waals surface area contributed by atoms with E-state index in [-0.39, 0.29) is 5.92 Å². The van der Waals surface area contributed by atoms with Gasteiger partial charge in [-0.1, -0.05) is 118 Å². The highest BCUT2D eigenvalue weighted by atomic mass is 79.9. The smallest absolute Gasteiger partial charge is 0.310 e. The molecule has 0 aliphatic heterocycles. The first-order valence-electron chi connectivity index (χ1n) is 10.6. The van der Waals surface area contributed by atoms with Gasteiger partial charge in [0.05, 0.1) is 5.92 Å². The zero-order valence-electron chi connectivity index (χ0n) is 16.5. The number of hydrogen-bond donors (Lipinski definition) is 1. The minimum Gasteiger partial charge on any atom is -0.481 e. The van der Waals surface area contributed by atoms with Crippen molar-refractivity contribution in [2.45, 2.75) is 103 Å². The third kappa shape index (κ3) is 11.0. The molecule has 0 radical (unpaired) electrons. The van der Waals surface area contributed by atoms with Gasteiger partial charge in [-0.05, 0) is 24.1 Å². The molecule has 1 unspecified atom stereocenters. The lowest BCUT2D eigenvalue weighted by Gasteiger charge is -2.12. The summed E-state index contributed by atoms with van der Waals surface area (Å²) in [4.78, 5) is 11.5. The molecule has 0 saturated heterocycles. The Hall–Kier alpha value is -0.830. The molecule has 26 heavy (non-hydrogen) atoms. The lowest BCUT2D eigenvalue weighted by atomic mass is 9.93. The first-order valence-corrected chi connectivity index (χ1v) is 11.4. The maximum Gasteiger partial charge on any atom is 0.310 e. The van der Waals surface area contributed by atoms with Crippen molar-refractivity contribution in [3.63, 3.8) is 0 Å². The Balaban J connectivity index is 2.01. The van der Waals surface area contributed by atoms with Crippen LogP contribution in [-0.2, 0) is 4.79 Å². The minimum atomic E-state index is -0.703. The van der Waals surface area contributed by atoms with Gasteiger partial charge in [0.25, 0.3) is 0 Å². The maximum atomic E-state index is 11.5. The lowest BCUT2D eigenvalue weighted by molar-refractivity contribution is -0.139. The first kappa shape index (κ1) is 23.2. The Kier molecular flexibility index (Phi) is 13.6. The number of benzene rings is 1. The molecular formula is C23H37BrO2. The van der Waals surface area contributed by atoms with Crippen molar-refractivity contribution in [2.75, 3.05) is 0 Å². The van der Waals surface area contributed by atoms with Crippen molar-refractivity contribution in [3.05, 3.63) is 34.3 Å². The second-order valence-corrected chi connectivity index (χ2v) is 8.39. The molecule has 1 atom stereocenters. The van der Waals surface area contributed by atoms with Crippen LogP contribution in [0.3, 0.4) is 0 Å². The van der Waals surface area contributed by atoms with Crippen LogP contribution in [0.25, 0.3) is 0 Å². The van der Waals surface area contributed by atoms with Crippen LogP contribution in [0, 0.1) is 0 Å². The Morgan fingerprint density at radius 3 is 1.65 bits per heavy atom. The van der Waals surface area contributed by atoms with Crippen LogP contribution >= 0.6 is 15.9 Å². The molecule has 0 heterocycles. The number of unbranched alkanes of at least 4 members (excludes halogenated alkanes) is 12. The van der Waals surface area contributed by atoms with Gasteiger partial charge in [-0.2, -0.15) is 0 Å². The number of aliphatic carboxylic acids is 1. The van der Waals surface area contributed by atoms with Crippen molar-refractivity contribution >= 4 is 21.9 Å². The van der Waals surface area contributed by atoms with Crippen molar-refractivity contribution in [1.82, 2.24) is 0 Å². The molecule has 0 saturated carbocycles. The van der Waals surface area contributed by atoms with Gasteiger partial charge in [-0.15, -0.1) is 0 Å². The summed E-state index contributed by atoms with van der Waals surface area (Å²) in [6, 6.07) is 7.69. The topological polar surface area (TPSA) is 37.3 Å². The molecule has 0 fully saturated rings. The van der Waals surface area contributed by atoms with Gasteiger partial charge in [0.15, 0.2) is 0 Å². The SMILES string of the molecule is CCCCCCCCCCCCCCCC(C(=O)O)c1ccc(Br)cc1. The van der Waals surface area contributed by atoms with Crippen LogP contribution in [0.4, 0.5) is 0 Å². The van der Waals surface area contributed by atoms with Gasteiger partial charge in [-0.25, -0.2) is 0 Å². The summed E-state index contributed by atoms with van der Waals surface area (Å²) in [6.45, 7) is 2.27. The Bertz CT molecular complexity index is 470. The van der Waals surface area contributed by atoms with Crippen molar-refractivity contribution < 1.29 is 9.90 Å². The molecule has 3 heteroatoms. The predicted molar refractivity (Wildman–Crippen MR) is 115 cm³/mol. The van der Waals surface area contributed by atoms with Crippen molar-refractivity contribution in [3.8, 4) is 0 Å². The number of rotatable bonds is 16. The summed E-state index contributed by atoms with van der Waals surface area (Å²) in [5.41, 5.74) is 0.916. The summed E-state index contributed by atoms with van der Waals surface area (Å²) in [7, 11) is 0. The maximum absolute atomic E-state index is 11.5. The fourth-order valence-electron chi connectivity index (χ4n) is 3.49. The first-order chi connectivity index (χ1) is 12.6. The number of carboxylic acids is 1. The minimum absolute atomic E-state index is 0.365. The molecule has 1 rings (SSSR count). The quantitative estimate of drug-likeness (QED) is 0.272. The van der Waals surface area contributed by atoms with E-state index >= 15 is 0 Å². The number of carboxylic acid groups (broad SMARTS) is 1. The summed E-state index contributed by atoms with van der Waals surface area (Å²) < 4.78 is 0.992. The van der Waals surface area contributed by atoms with Crippen molar-refractivity contribution in [1.29, 1.82) is 0 Å². The van der Waals surface area contributed by atoms with Crippen molar-refractivity contribution in [2.24, 2.45) is 0 Å². The fourth-order valence-corrected chi connectivity index (χ4v) is 3.76. The Labute approximate surface area is 168 Å². The van der Waals surface area contributed by atoms with Gasteiger partial charge in [0.1, 0.15) is 0 Å². The lowest BCUT2D eigenvalue weighted by Crippen LogP contribution is -2.11. The van der Waals surface area contributed by atoms with E-state index in [2.05, 4.69) is 22.9 Å². The summed E-state index contributed by atoms with van der Waals surface area (Å²) in [5.74, 6) is -1.07. The second kappa shape index (κ2) is 15.2. The molecule has 0 amide bonds. The van der Waals surface area contributed by atoms with Gasteiger partial charge in [0, 0.05) is 4.47 Å². The monoisotopic (exact) mass is 424 g/mol. The zero-order chi connectivity index (χ0) is 19.0. The Morgan fingerprint density at radius 2 is 1.23 bits per heavy atom. The molecule has 148 valence electrons. The fraction of sp³-hybridized carbons (Fsp3) is 0.696. The van der Waals surface area contributed by atoms with Crippen LogP contribution in [0.1, 0.15) is 108 Å². The normalized spacial score (nSPS) is 12.2. The van der Waals surface area contributed by atoms with Gasteiger partial charge < -0.3 is 5.11 Å². The van der Waals surface area contributed by atoms with Crippen LogP contribution in [0.15, 0.2) is 28.7 Å². The molecule has 2 nitrogen and oxygen atoms in total. The summed E-state index contributed by atoms with van der Waals surface area (Å²) >= 11 is 3.40. The van der Waals surface area contributed by atoms with Crippen LogP contribution < -0.4 is 0 Å². The highest BCUT2D eigenvalue weighted by molar-refractivity contribution is 9.10. The Morgan fingerprint density at radius 1 is 0.808 bits per heavy atom. The van der Waals surface area contributed by atoms with E-state index in [4.69, 9.17) is 0 Å². The average molecular weight is 425 g/mol. The van der Waals surface area contributed by atoms with E-state index < -0.39 is 5.97 Å². The highest BCUT2D eigenvalue weighted by Gasteiger charge is 2.18.